The highest BCUT2D eigenvalue weighted by molar-refractivity contribution is 5.87. The van der Waals surface area contributed by atoms with Crippen molar-refractivity contribution in [3.05, 3.63) is 11.8 Å². The van der Waals surface area contributed by atoms with Gasteiger partial charge in [-0.25, -0.2) is 0 Å². The minimum atomic E-state index is 0.0296. The summed E-state index contributed by atoms with van der Waals surface area (Å²) < 4.78 is 0. The molecule has 0 aromatic heterocycles. The molecule has 0 amide bonds. The summed E-state index contributed by atoms with van der Waals surface area (Å²) >= 11 is 0. The number of ketones is 1. The molecule has 0 spiro atoms. The summed E-state index contributed by atoms with van der Waals surface area (Å²) in [4.78, 5) is 10.4. The fourth-order valence-electron chi connectivity index (χ4n) is 0.546. The van der Waals surface area contributed by atoms with Crippen LogP contribution in [0.5, 0.6) is 0 Å². The van der Waals surface area contributed by atoms with Crippen LogP contribution < -0.4 is 5.32 Å². The van der Waals surface area contributed by atoms with Crippen molar-refractivity contribution >= 4 is 5.78 Å². The Hall–Kier alpha value is -1.23. The average Bonchev–Trinajstić information content (AvgIpc) is 1.82. The summed E-state index contributed by atoms with van der Waals surface area (Å²) in [5.74, 6) is 2.44. The second kappa shape index (κ2) is 4.63. The van der Waals surface area contributed by atoms with Crippen molar-refractivity contribution in [2.45, 2.75) is 13.8 Å². The Bertz CT molecular complexity index is 186. The van der Waals surface area contributed by atoms with E-state index in [0.717, 1.165) is 5.70 Å². The van der Waals surface area contributed by atoms with Crippen LogP contribution in [0.25, 0.3) is 0 Å². The molecule has 0 fully saturated rings. The number of terminal acetylenes is 1. The molecule has 0 atom stereocenters. The van der Waals surface area contributed by atoms with Gasteiger partial charge in [-0.05, 0) is 19.9 Å². The molecule has 0 aromatic rings. The standard InChI is InChI=1S/C8H11NO/c1-4-5-9-7(2)6-8(3)10/h1,6,9H,5H2,2-3H3/b7-6+. The van der Waals surface area contributed by atoms with Crippen LogP contribution >= 0.6 is 0 Å². The van der Waals surface area contributed by atoms with Crippen molar-refractivity contribution in [2.75, 3.05) is 6.54 Å². The molecule has 0 saturated heterocycles. The molecular formula is C8H11NO. The van der Waals surface area contributed by atoms with Gasteiger partial charge in [0.25, 0.3) is 0 Å². The lowest BCUT2D eigenvalue weighted by molar-refractivity contribution is -0.112. The van der Waals surface area contributed by atoms with E-state index in [-0.39, 0.29) is 5.78 Å². The normalized spacial score (nSPS) is 10.3. The van der Waals surface area contributed by atoms with E-state index >= 15 is 0 Å². The number of carbonyl (C=O) groups excluding carboxylic acids is 1. The molecular weight excluding hydrogens is 126 g/mol. The minimum Gasteiger partial charge on any atom is -0.378 e. The molecule has 0 radical (unpaired) electrons. The lowest BCUT2D eigenvalue weighted by Gasteiger charge is -1.98. The molecule has 0 aliphatic carbocycles. The van der Waals surface area contributed by atoms with Gasteiger partial charge in [0.1, 0.15) is 0 Å². The SMILES string of the molecule is C#CCN/C(C)=C/C(C)=O. The van der Waals surface area contributed by atoms with Crippen LogP contribution in [-0.2, 0) is 4.79 Å². The molecule has 54 valence electrons. The fourth-order valence-corrected chi connectivity index (χ4v) is 0.546. The second-order valence-electron chi connectivity index (χ2n) is 2.00. The molecule has 2 nitrogen and oxygen atoms in total. The van der Waals surface area contributed by atoms with Crippen LogP contribution in [0.3, 0.4) is 0 Å². The average molecular weight is 137 g/mol. The van der Waals surface area contributed by atoms with E-state index in [2.05, 4.69) is 11.2 Å². The van der Waals surface area contributed by atoms with Crippen molar-refractivity contribution in [3.8, 4) is 12.3 Å². The van der Waals surface area contributed by atoms with Gasteiger partial charge in [-0.2, -0.15) is 0 Å². The second-order valence-corrected chi connectivity index (χ2v) is 2.00. The number of nitrogens with one attached hydrogen (secondary N) is 1. The summed E-state index contributed by atoms with van der Waals surface area (Å²) in [5.41, 5.74) is 0.811. The van der Waals surface area contributed by atoms with E-state index in [9.17, 15) is 4.79 Å². The van der Waals surface area contributed by atoms with E-state index in [1.165, 1.54) is 13.0 Å². The van der Waals surface area contributed by atoms with Crippen molar-refractivity contribution in [1.82, 2.24) is 5.32 Å². The maximum Gasteiger partial charge on any atom is 0.154 e. The zero-order valence-corrected chi connectivity index (χ0v) is 6.27. The van der Waals surface area contributed by atoms with Gasteiger partial charge in [0.15, 0.2) is 5.78 Å². The molecule has 2 heteroatoms. The highest BCUT2D eigenvalue weighted by Gasteiger charge is 1.87. The highest BCUT2D eigenvalue weighted by atomic mass is 16.1. The zero-order valence-electron chi connectivity index (χ0n) is 6.27. The Morgan fingerprint density at radius 2 is 2.30 bits per heavy atom. The Labute approximate surface area is 61.3 Å². The van der Waals surface area contributed by atoms with Gasteiger partial charge >= 0.3 is 0 Å². The molecule has 0 rings (SSSR count). The lowest BCUT2D eigenvalue weighted by atomic mass is 10.3. The van der Waals surface area contributed by atoms with Gasteiger partial charge < -0.3 is 5.32 Å². The Balaban J connectivity index is 3.74. The maximum absolute atomic E-state index is 10.4. The summed E-state index contributed by atoms with van der Waals surface area (Å²) in [6.45, 7) is 3.77. The van der Waals surface area contributed by atoms with E-state index in [1.54, 1.807) is 6.92 Å². The molecule has 0 saturated carbocycles. The van der Waals surface area contributed by atoms with Crippen molar-refractivity contribution < 1.29 is 4.79 Å². The van der Waals surface area contributed by atoms with Crippen LogP contribution in [0.1, 0.15) is 13.8 Å². The van der Waals surface area contributed by atoms with Crippen LogP contribution in [0.15, 0.2) is 11.8 Å². The van der Waals surface area contributed by atoms with Gasteiger partial charge in [0.2, 0.25) is 0 Å². The maximum atomic E-state index is 10.4. The number of carbonyl (C=O) groups is 1. The first-order valence-electron chi connectivity index (χ1n) is 3.03. The Morgan fingerprint density at radius 3 is 2.70 bits per heavy atom. The molecule has 0 unspecified atom stereocenters. The third-order valence-electron chi connectivity index (χ3n) is 0.889. The summed E-state index contributed by atoms with van der Waals surface area (Å²) in [5, 5.41) is 2.87. The van der Waals surface area contributed by atoms with Crippen molar-refractivity contribution in [2.24, 2.45) is 0 Å². The van der Waals surface area contributed by atoms with Gasteiger partial charge in [0, 0.05) is 5.70 Å². The molecule has 0 aliphatic heterocycles. The molecule has 0 heterocycles. The van der Waals surface area contributed by atoms with Crippen LogP contribution in [-0.4, -0.2) is 12.3 Å². The van der Waals surface area contributed by atoms with Crippen molar-refractivity contribution in [1.29, 1.82) is 0 Å². The highest BCUT2D eigenvalue weighted by Crippen LogP contribution is 1.84. The van der Waals surface area contributed by atoms with E-state index in [0.29, 0.717) is 6.54 Å². The predicted molar refractivity (Wildman–Crippen MR) is 41.3 cm³/mol. The fraction of sp³-hybridized carbons (Fsp3) is 0.375. The van der Waals surface area contributed by atoms with E-state index < -0.39 is 0 Å². The van der Waals surface area contributed by atoms with Gasteiger partial charge in [-0.1, -0.05) is 5.92 Å². The minimum absolute atomic E-state index is 0.0296. The molecule has 0 aromatic carbocycles. The zero-order chi connectivity index (χ0) is 7.98. The molecule has 1 N–H and O–H groups in total. The largest absolute Gasteiger partial charge is 0.378 e. The van der Waals surface area contributed by atoms with Crippen LogP contribution in [0.4, 0.5) is 0 Å². The number of hydrogen-bond acceptors (Lipinski definition) is 2. The first-order chi connectivity index (χ1) is 4.66. The quantitative estimate of drug-likeness (QED) is 0.458. The first-order valence-corrected chi connectivity index (χ1v) is 3.03. The van der Waals surface area contributed by atoms with Crippen molar-refractivity contribution in [3.63, 3.8) is 0 Å². The van der Waals surface area contributed by atoms with Crippen LogP contribution in [0, 0.1) is 12.3 Å². The van der Waals surface area contributed by atoms with Gasteiger partial charge in [0.05, 0.1) is 6.54 Å². The van der Waals surface area contributed by atoms with Crippen LogP contribution in [0.2, 0.25) is 0 Å². The summed E-state index contributed by atoms with van der Waals surface area (Å²) in [7, 11) is 0. The lowest BCUT2D eigenvalue weighted by Crippen LogP contribution is -2.11. The monoisotopic (exact) mass is 137 g/mol. The van der Waals surface area contributed by atoms with E-state index in [4.69, 9.17) is 6.42 Å². The smallest absolute Gasteiger partial charge is 0.154 e. The molecule has 10 heavy (non-hydrogen) atoms. The Kier molecular flexibility index (Phi) is 4.06. The predicted octanol–water partition coefficient (Wildman–Crippen LogP) is 0.702. The third-order valence-corrected chi connectivity index (χ3v) is 0.889. The number of rotatable bonds is 3. The summed E-state index contributed by atoms with van der Waals surface area (Å²) in [6, 6.07) is 0. The van der Waals surface area contributed by atoms with Gasteiger partial charge in [-0.15, -0.1) is 6.42 Å². The first kappa shape index (κ1) is 8.77. The molecule has 0 aliphatic rings. The summed E-state index contributed by atoms with van der Waals surface area (Å²) in [6.07, 6.45) is 6.49. The topological polar surface area (TPSA) is 29.1 Å². The molecule has 0 bridgehead atoms. The Morgan fingerprint density at radius 1 is 1.70 bits per heavy atom. The van der Waals surface area contributed by atoms with Gasteiger partial charge in [-0.3, -0.25) is 4.79 Å². The number of hydrogen-bond donors (Lipinski definition) is 1. The third kappa shape index (κ3) is 4.92. The number of allylic oxidation sites excluding steroid dienone is 2. The van der Waals surface area contributed by atoms with E-state index in [1.807, 2.05) is 0 Å².